The third kappa shape index (κ3) is 5.39. The fourth-order valence-electron chi connectivity index (χ4n) is 2.71. The highest BCUT2D eigenvalue weighted by molar-refractivity contribution is 7.15. The molecule has 0 bridgehead atoms. The van der Waals surface area contributed by atoms with Crippen LogP contribution in [0.3, 0.4) is 0 Å². The molecule has 2 aromatic carbocycles. The van der Waals surface area contributed by atoms with Gasteiger partial charge in [-0.25, -0.2) is 5.43 Å². The van der Waals surface area contributed by atoms with Crippen LogP contribution >= 0.6 is 22.9 Å². The number of aromatic nitrogens is 2. The number of nitro benzene ring substituents is 1. The molecule has 1 aromatic heterocycles. The smallest absolute Gasteiger partial charge is 0.282 e. The summed E-state index contributed by atoms with van der Waals surface area (Å²) in [4.78, 5) is 35.0. The fourth-order valence-corrected chi connectivity index (χ4v) is 3.56. The molecule has 1 aliphatic rings. The molecule has 33 heavy (non-hydrogen) atoms. The van der Waals surface area contributed by atoms with Crippen molar-refractivity contribution in [3.05, 3.63) is 67.7 Å². The molecule has 14 heteroatoms. The minimum atomic E-state index is -0.591. The van der Waals surface area contributed by atoms with Crippen molar-refractivity contribution in [3.63, 3.8) is 0 Å². The molecule has 0 atom stereocenters. The van der Waals surface area contributed by atoms with E-state index in [4.69, 9.17) is 21.1 Å². The average Bonchev–Trinajstić information content (AvgIpc) is 3.42. The molecule has 168 valence electrons. The first kappa shape index (κ1) is 22.1. The lowest BCUT2D eigenvalue weighted by atomic mass is 10.1. The van der Waals surface area contributed by atoms with Crippen molar-refractivity contribution in [1.29, 1.82) is 0 Å². The first-order valence-corrected chi connectivity index (χ1v) is 10.4. The number of fused-ring (bicyclic) bond motifs is 1. The van der Waals surface area contributed by atoms with E-state index >= 15 is 0 Å². The molecule has 2 amide bonds. The second kappa shape index (κ2) is 9.58. The van der Waals surface area contributed by atoms with Gasteiger partial charge in [0.25, 0.3) is 11.6 Å². The molecular formula is C19H13ClN6O6S. The maximum atomic E-state index is 12.2. The SMILES string of the molecule is O=C(Cc1nnc(NC(=O)c2ccc(Cl)cc2)s1)N/N=C\c1cc2c(cc1[N+](=O)[O-])OCO2. The number of nitrogens with zero attached hydrogens (tertiary/aromatic N) is 4. The molecule has 0 spiro atoms. The summed E-state index contributed by atoms with van der Waals surface area (Å²) in [6.07, 6.45) is 0.977. The van der Waals surface area contributed by atoms with Crippen molar-refractivity contribution in [2.75, 3.05) is 12.1 Å². The third-order valence-corrected chi connectivity index (χ3v) is 5.31. The summed E-state index contributed by atoms with van der Waals surface area (Å²) in [5.74, 6) is -0.316. The van der Waals surface area contributed by atoms with Gasteiger partial charge in [0.05, 0.1) is 29.2 Å². The summed E-state index contributed by atoms with van der Waals surface area (Å²) in [7, 11) is 0. The van der Waals surface area contributed by atoms with Crippen LogP contribution in [0.4, 0.5) is 10.8 Å². The first-order valence-electron chi connectivity index (χ1n) is 9.18. The molecule has 0 unspecified atom stereocenters. The number of halogens is 1. The Morgan fingerprint density at radius 3 is 2.67 bits per heavy atom. The Labute approximate surface area is 194 Å². The molecule has 3 aromatic rings. The maximum absolute atomic E-state index is 12.2. The topological polar surface area (TPSA) is 158 Å². The molecule has 0 saturated heterocycles. The molecule has 4 rings (SSSR count). The zero-order chi connectivity index (χ0) is 23.4. The van der Waals surface area contributed by atoms with Crippen LogP contribution in [0.1, 0.15) is 20.9 Å². The minimum absolute atomic E-state index is 0.0339. The third-order valence-electron chi connectivity index (χ3n) is 4.22. The van der Waals surface area contributed by atoms with Gasteiger partial charge < -0.3 is 9.47 Å². The summed E-state index contributed by atoms with van der Waals surface area (Å²) in [6, 6.07) is 8.93. The van der Waals surface area contributed by atoms with Crippen LogP contribution in [0.25, 0.3) is 0 Å². The van der Waals surface area contributed by atoms with Crippen molar-refractivity contribution in [2.24, 2.45) is 5.10 Å². The quantitative estimate of drug-likeness (QED) is 0.292. The van der Waals surface area contributed by atoms with E-state index in [2.05, 4.69) is 26.0 Å². The number of carbonyl (C=O) groups excluding carboxylic acids is 2. The van der Waals surface area contributed by atoms with Crippen molar-refractivity contribution in [1.82, 2.24) is 15.6 Å². The van der Waals surface area contributed by atoms with Crippen LogP contribution in [0.2, 0.25) is 5.02 Å². The predicted octanol–water partition coefficient (Wildman–Crippen LogP) is 2.77. The zero-order valence-electron chi connectivity index (χ0n) is 16.5. The first-order chi connectivity index (χ1) is 15.9. The van der Waals surface area contributed by atoms with E-state index in [0.717, 1.165) is 17.6 Å². The molecule has 0 aliphatic carbocycles. The van der Waals surface area contributed by atoms with Crippen molar-refractivity contribution in [3.8, 4) is 11.5 Å². The molecular weight excluding hydrogens is 476 g/mol. The van der Waals surface area contributed by atoms with Crippen molar-refractivity contribution in [2.45, 2.75) is 6.42 Å². The van der Waals surface area contributed by atoms with Gasteiger partial charge in [0.1, 0.15) is 5.01 Å². The summed E-state index contributed by atoms with van der Waals surface area (Å²) >= 11 is 6.83. The number of hydrogen-bond acceptors (Lipinski definition) is 10. The van der Waals surface area contributed by atoms with Gasteiger partial charge in [-0.05, 0) is 30.3 Å². The Bertz CT molecular complexity index is 1260. The molecule has 1 aliphatic heterocycles. The standard InChI is InChI=1S/C19H13ClN6O6S/c20-12-3-1-10(2-4-12)18(28)22-19-25-24-17(33-19)7-16(27)23-21-8-11-5-14-15(32-9-31-14)6-13(11)26(29)30/h1-6,8H,7,9H2,(H,23,27)(H,22,25,28)/b21-8-. The highest BCUT2D eigenvalue weighted by Crippen LogP contribution is 2.37. The van der Waals surface area contributed by atoms with Crippen LogP contribution in [-0.2, 0) is 11.2 Å². The van der Waals surface area contributed by atoms with Gasteiger partial charge >= 0.3 is 0 Å². The number of nitro groups is 1. The average molecular weight is 489 g/mol. The Kier molecular flexibility index (Phi) is 6.42. The van der Waals surface area contributed by atoms with Gasteiger partial charge in [-0.1, -0.05) is 22.9 Å². The number of ether oxygens (including phenoxy) is 2. The van der Waals surface area contributed by atoms with E-state index in [1.165, 1.54) is 12.1 Å². The van der Waals surface area contributed by atoms with Gasteiger partial charge in [-0.2, -0.15) is 5.10 Å². The number of nitrogens with one attached hydrogen (secondary N) is 2. The Hall–Kier alpha value is -4.10. The number of amides is 2. The molecule has 2 N–H and O–H groups in total. The Morgan fingerprint density at radius 1 is 1.21 bits per heavy atom. The second-order valence-electron chi connectivity index (χ2n) is 6.45. The van der Waals surface area contributed by atoms with E-state index in [0.29, 0.717) is 21.3 Å². The monoisotopic (exact) mass is 488 g/mol. The number of carbonyl (C=O) groups is 2. The largest absolute Gasteiger partial charge is 0.454 e. The van der Waals surface area contributed by atoms with E-state index in [1.807, 2.05) is 0 Å². The van der Waals surface area contributed by atoms with Crippen LogP contribution < -0.4 is 20.2 Å². The molecule has 12 nitrogen and oxygen atoms in total. The predicted molar refractivity (Wildman–Crippen MR) is 118 cm³/mol. The van der Waals surface area contributed by atoms with Gasteiger partial charge in [-0.3, -0.25) is 25.0 Å². The van der Waals surface area contributed by atoms with Crippen LogP contribution in [-0.4, -0.2) is 39.9 Å². The number of hydrogen-bond donors (Lipinski definition) is 2. The lowest BCUT2D eigenvalue weighted by Crippen LogP contribution is -2.19. The number of hydrazone groups is 1. The normalized spacial score (nSPS) is 12.0. The molecule has 0 fully saturated rings. The van der Waals surface area contributed by atoms with E-state index in [9.17, 15) is 19.7 Å². The van der Waals surface area contributed by atoms with E-state index in [1.54, 1.807) is 24.3 Å². The molecule has 0 radical (unpaired) electrons. The van der Waals surface area contributed by atoms with Crippen LogP contribution in [0.15, 0.2) is 41.5 Å². The minimum Gasteiger partial charge on any atom is -0.454 e. The van der Waals surface area contributed by atoms with Crippen molar-refractivity contribution >= 4 is 51.8 Å². The van der Waals surface area contributed by atoms with Gasteiger partial charge in [0.2, 0.25) is 17.8 Å². The van der Waals surface area contributed by atoms with E-state index in [-0.39, 0.29) is 35.3 Å². The van der Waals surface area contributed by atoms with Crippen molar-refractivity contribution < 1.29 is 24.0 Å². The summed E-state index contributed by atoms with van der Waals surface area (Å²) in [5, 5.41) is 26.4. The lowest BCUT2D eigenvalue weighted by Gasteiger charge is -2.01. The van der Waals surface area contributed by atoms with Crippen LogP contribution in [0.5, 0.6) is 11.5 Å². The summed E-state index contributed by atoms with van der Waals surface area (Å²) in [6.45, 7) is -0.0339. The summed E-state index contributed by atoms with van der Waals surface area (Å²) < 4.78 is 10.3. The lowest BCUT2D eigenvalue weighted by molar-refractivity contribution is -0.385. The molecule has 0 saturated carbocycles. The van der Waals surface area contributed by atoms with Crippen LogP contribution in [0, 0.1) is 10.1 Å². The number of anilines is 1. The summed E-state index contributed by atoms with van der Waals surface area (Å²) in [5.41, 5.74) is 2.54. The number of benzene rings is 2. The number of rotatable bonds is 7. The van der Waals surface area contributed by atoms with Gasteiger partial charge in [0, 0.05) is 10.6 Å². The Balaban J connectivity index is 1.34. The van der Waals surface area contributed by atoms with Gasteiger partial charge in [0.15, 0.2) is 11.5 Å². The maximum Gasteiger partial charge on any atom is 0.282 e. The fraction of sp³-hybridized carbons (Fsp3) is 0.105. The highest BCUT2D eigenvalue weighted by atomic mass is 35.5. The van der Waals surface area contributed by atoms with E-state index < -0.39 is 16.7 Å². The van der Waals surface area contributed by atoms with Gasteiger partial charge in [-0.15, -0.1) is 10.2 Å². The Morgan fingerprint density at radius 2 is 1.94 bits per heavy atom. The highest BCUT2D eigenvalue weighted by Gasteiger charge is 2.22. The second-order valence-corrected chi connectivity index (χ2v) is 7.95. The molecule has 2 heterocycles. The zero-order valence-corrected chi connectivity index (χ0v) is 18.1.